The lowest BCUT2D eigenvalue weighted by molar-refractivity contribution is -0.158. The fourth-order valence-corrected chi connectivity index (χ4v) is 6.36. The molecule has 0 aliphatic heterocycles. The lowest BCUT2D eigenvalue weighted by atomic mass is 9.49. The molecular formula is C12H12O2. The summed E-state index contributed by atoms with van der Waals surface area (Å²) in [7, 11) is 0. The van der Waals surface area contributed by atoms with Crippen LogP contribution in [0.5, 0.6) is 0 Å². The predicted octanol–water partition coefficient (Wildman–Crippen LogP) is 0.902. The average molecular weight is 188 g/mol. The molecule has 0 unspecified atom stereocenters. The third-order valence-electron chi connectivity index (χ3n) is 6.42. The van der Waals surface area contributed by atoms with Gasteiger partial charge in [-0.1, -0.05) is 6.92 Å². The number of carbonyl (C=O) groups excluding carboxylic acids is 2. The van der Waals surface area contributed by atoms with Gasteiger partial charge in [-0.05, 0) is 30.1 Å². The van der Waals surface area contributed by atoms with Crippen LogP contribution in [0.2, 0.25) is 0 Å². The van der Waals surface area contributed by atoms with Crippen LogP contribution in [0.15, 0.2) is 0 Å². The Bertz CT molecular complexity index is 422. The van der Waals surface area contributed by atoms with Crippen molar-refractivity contribution >= 4 is 11.6 Å². The highest BCUT2D eigenvalue weighted by molar-refractivity contribution is 6.08. The first kappa shape index (κ1) is 6.76. The number of fused-ring (bicyclic) bond motifs is 2. The summed E-state index contributed by atoms with van der Waals surface area (Å²) < 4.78 is 0. The fourth-order valence-electron chi connectivity index (χ4n) is 6.36. The van der Waals surface area contributed by atoms with Crippen molar-refractivity contribution < 1.29 is 9.59 Å². The minimum absolute atomic E-state index is 0.166. The summed E-state index contributed by atoms with van der Waals surface area (Å²) in [6.45, 7) is 2.08. The fraction of sp³-hybridized carbons (Fsp3) is 0.833. The highest BCUT2D eigenvalue weighted by Gasteiger charge is 2.88. The number of rotatable bonds is 0. The van der Waals surface area contributed by atoms with Crippen LogP contribution in [0.1, 0.15) is 13.3 Å². The highest BCUT2D eigenvalue weighted by atomic mass is 16.1. The van der Waals surface area contributed by atoms with E-state index in [1.165, 1.54) is 6.42 Å². The van der Waals surface area contributed by atoms with E-state index in [1.54, 1.807) is 0 Å². The standard InChI is InChI=1S/C12H12O2/c1-12-8-4-2-3-5(6(4)11(12)14)10(13)9(12)7(3)8/h3-9H,2H2,1H3/t3-,4+,5-,6+,7-,8-,9+,12+/m0/s1. The summed E-state index contributed by atoms with van der Waals surface area (Å²) in [5, 5.41) is 0. The summed E-state index contributed by atoms with van der Waals surface area (Å²) in [4.78, 5) is 24.3. The third-order valence-corrected chi connectivity index (χ3v) is 6.42. The zero-order valence-corrected chi connectivity index (χ0v) is 8.07. The molecule has 0 N–H and O–H groups in total. The molecule has 2 nitrogen and oxygen atoms in total. The number of hydrogen-bond acceptors (Lipinski definition) is 2. The number of Topliss-reactive ketones (excluding diaryl/α,β-unsaturated/α-hetero) is 2. The monoisotopic (exact) mass is 188 g/mol. The molecule has 0 heterocycles. The lowest BCUT2D eigenvalue weighted by Gasteiger charge is -2.51. The van der Waals surface area contributed by atoms with Gasteiger partial charge in [0.05, 0.1) is 0 Å². The summed E-state index contributed by atoms with van der Waals surface area (Å²) in [5.41, 5.74) is -0.182. The Morgan fingerprint density at radius 1 is 1.21 bits per heavy atom. The SMILES string of the molecule is C[C@]12C(=O)[C@@H]3[C@H]4C[C@H]5[C@@H]3C(=O)[C@H]1[C@@H]5[C@H]42. The van der Waals surface area contributed by atoms with Crippen LogP contribution in [0.3, 0.4) is 0 Å². The van der Waals surface area contributed by atoms with E-state index in [9.17, 15) is 9.59 Å². The lowest BCUT2D eigenvalue weighted by Crippen LogP contribution is -2.57. The predicted molar refractivity (Wildman–Crippen MR) is 47.2 cm³/mol. The summed E-state index contributed by atoms with van der Waals surface area (Å²) in [6.07, 6.45) is 1.20. The van der Waals surface area contributed by atoms with Crippen molar-refractivity contribution in [2.75, 3.05) is 0 Å². The van der Waals surface area contributed by atoms with Crippen molar-refractivity contribution in [3.05, 3.63) is 0 Å². The molecule has 2 heteroatoms. The van der Waals surface area contributed by atoms with Gasteiger partial charge in [0, 0.05) is 23.2 Å². The minimum atomic E-state index is -0.182. The van der Waals surface area contributed by atoms with Gasteiger partial charge in [0.1, 0.15) is 11.6 Å². The van der Waals surface area contributed by atoms with Gasteiger partial charge in [-0.3, -0.25) is 9.59 Å². The minimum Gasteiger partial charge on any atom is -0.299 e. The van der Waals surface area contributed by atoms with E-state index in [0.717, 1.165) is 0 Å². The molecule has 5 rings (SSSR count). The maximum Gasteiger partial charge on any atom is 0.143 e. The van der Waals surface area contributed by atoms with Crippen LogP contribution in [-0.4, -0.2) is 11.6 Å². The molecule has 0 aromatic heterocycles. The van der Waals surface area contributed by atoms with Gasteiger partial charge in [0.15, 0.2) is 0 Å². The average Bonchev–Trinajstić information content (AvgIpc) is 2.67. The summed E-state index contributed by atoms with van der Waals surface area (Å²) in [6, 6.07) is 0. The van der Waals surface area contributed by atoms with Gasteiger partial charge < -0.3 is 0 Å². The highest BCUT2D eigenvalue weighted by Crippen LogP contribution is 2.84. The zero-order chi connectivity index (χ0) is 9.40. The number of ketones is 2. The van der Waals surface area contributed by atoms with Crippen molar-refractivity contribution in [3.8, 4) is 0 Å². The quantitative estimate of drug-likeness (QED) is 0.566. The molecule has 0 amide bonds. The Morgan fingerprint density at radius 3 is 2.79 bits per heavy atom. The number of hydrogen-bond donors (Lipinski definition) is 0. The van der Waals surface area contributed by atoms with Crippen molar-refractivity contribution in [2.24, 2.45) is 46.8 Å². The third kappa shape index (κ3) is 0.322. The molecule has 72 valence electrons. The second-order valence-corrected chi connectivity index (χ2v) is 6.25. The van der Waals surface area contributed by atoms with Gasteiger partial charge in [-0.2, -0.15) is 0 Å². The Morgan fingerprint density at radius 2 is 2.00 bits per heavy atom. The molecule has 2 bridgehead atoms. The van der Waals surface area contributed by atoms with Crippen LogP contribution in [0, 0.1) is 46.8 Å². The largest absolute Gasteiger partial charge is 0.299 e. The Hall–Kier alpha value is -0.660. The second kappa shape index (κ2) is 1.43. The van der Waals surface area contributed by atoms with Gasteiger partial charge in [-0.25, -0.2) is 0 Å². The molecule has 5 fully saturated rings. The first-order valence-corrected chi connectivity index (χ1v) is 5.75. The molecular weight excluding hydrogens is 176 g/mol. The van der Waals surface area contributed by atoms with Crippen LogP contribution in [-0.2, 0) is 9.59 Å². The molecule has 0 aromatic carbocycles. The Balaban J connectivity index is 1.93. The van der Waals surface area contributed by atoms with Crippen LogP contribution in [0.25, 0.3) is 0 Å². The van der Waals surface area contributed by atoms with Crippen molar-refractivity contribution in [3.63, 3.8) is 0 Å². The van der Waals surface area contributed by atoms with Crippen molar-refractivity contribution in [1.82, 2.24) is 0 Å². The molecule has 8 atom stereocenters. The van der Waals surface area contributed by atoms with E-state index in [1.807, 2.05) is 0 Å². The Labute approximate surface area is 82.0 Å². The molecule has 0 radical (unpaired) electrons. The first-order valence-electron chi connectivity index (χ1n) is 5.75. The van der Waals surface area contributed by atoms with E-state index in [2.05, 4.69) is 6.92 Å². The summed E-state index contributed by atoms with van der Waals surface area (Å²) in [5.74, 6) is 4.00. The molecule has 0 saturated heterocycles. The Kier molecular flexibility index (Phi) is 0.689. The van der Waals surface area contributed by atoms with E-state index < -0.39 is 0 Å². The van der Waals surface area contributed by atoms with Crippen LogP contribution < -0.4 is 0 Å². The van der Waals surface area contributed by atoms with E-state index in [4.69, 9.17) is 0 Å². The number of carbonyl (C=O) groups is 2. The topological polar surface area (TPSA) is 34.1 Å². The second-order valence-electron chi connectivity index (χ2n) is 6.25. The summed E-state index contributed by atoms with van der Waals surface area (Å²) >= 11 is 0. The van der Waals surface area contributed by atoms with E-state index in [0.29, 0.717) is 35.2 Å². The zero-order valence-electron chi connectivity index (χ0n) is 8.07. The molecule has 5 aliphatic rings. The maximum atomic E-state index is 12.2. The van der Waals surface area contributed by atoms with Crippen molar-refractivity contribution in [1.29, 1.82) is 0 Å². The molecule has 0 aromatic rings. The van der Waals surface area contributed by atoms with Gasteiger partial charge in [0.25, 0.3) is 0 Å². The smallest absolute Gasteiger partial charge is 0.143 e. The van der Waals surface area contributed by atoms with Gasteiger partial charge in [-0.15, -0.1) is 0 Å². The van der Waals surface area contributed by atoms with Crippen LogP contribution in [0.4, 0.5) is 0 Å². The first-order chi connectivity index (χ1) is 6.67. The van der Waals surface area contributed by atoms with Gasteiger partial charge >= 0.3 is 0 Å². The normalized spacial score (nSPS) is 75.1. The molecule has 5 saturated carbocycles. The molecule has 0 spiro atoms. The van der Waals surface area contributed by atoms with E-state index in [-0.39, 0.29) is 23.2 Å². The molecule has 14 heavy (non-hydrogen) atoms. The van der Waals surface area contributed by atoms with Gasteiger partial charge in [0.2, 0.25) is 0 Å². The van der Waals surface area contributed by atoms with E-state index >= 15 is 0 Å². The van der Waals surface area contributed by atoms with Crippen molar-refractivity contribution in [2.45, 2.75) is 13.3 Å². The van der Waals surface area contributed by atoms with Crippen LogP contribution >= 0.6 is 0 Å². The maximum absolute atomic E-state index is 12.2. The molecule has 5 aliphatic carbocycles.